The van der Waals surface area contributed by atoms with Gasteiger partial charge in [0.1, 0.15) is 19.0 Å². The predicted molar refractivity (Wildman–Crippen MR) is 115 cm³/mol. The van der Waals surface area contributed by atoms with Crippen molar-refractivity contribution in [1.29, 1.82) is 0 Å². The fraction of sp³-hybridized carbons (Fsp3) is 0.333. The quantitative estimate of drug-likeness (QED) is 0.458. The summed E-state index contributed by atoms with van der Waals surface area (Å²) >= 11 is 0. The molecule has 13 heteroatoms. The van der Waals surface area contributed by atoms with E-state index in [1.165, 1.54) is 16.9 Å². The number of hydrogen-bond acceptors (Lipinski definition) is 6. The third kappa shape index (κ3) is 4.53. The van der Waals surface area contributed by atoms with Gasteiger partial charge in [0.05, 0.1) is 10.5 Å². The molecular weight excluding hydrogens is 471 g/mol. The van der Waals surface area contributed by atoms with Gasteiger partial charge in [-0.1, -0.05) is 0 Å². The first kappa shape index (κ1) is 22.5. The van der Waals surface area contributed by atoms with Gasteiger partial charge in [0.15, 0.2) is 5.65 Å². The zero-order chi connectivity index (χ0) is 23.9. The number of nitrogens with one attached hydrogen (secondary N) is 1. The molecule has 3 heterocycles. The van der Waals surface area contributed by atoms with E-state index in [0.717, 1.165) is 18.9 Å². The van der Waals surface area contributed by atoms with E-state index in [-0.39, 0.29) is 11.6 Å². The Morgan fingerprint density at radius 3 is 2.59 bits per heavy atom. The van der Waals surface area contributed by atoms with Crippen molar-refractivity contribution in [2.45, 2.75) is 48.8 Å². The molecule has 0 saturated heterocycles. The molecule has 2 atom stereocenters. The highest BCUT2D eigenvalue weighted by Crippen LogP contribution is 2.35. The van der Waals surface area contributed by atoms with Crippen LogP contribution in [-0.4, -0.2) is 43.8 Å². The lowest BCUT2D eigenvalue weighted by Gasteiger charge is -2.30. The van der Waals surface area contributed by atoms with Crippen LogP contribution in [0.1, 0.15) is 37.3 Å². The number of rotatable bonds is 5. The molecule has 9 nitrogen and oxygen atoms in total. The second-order valence-corrected chi connectivity index (χ2v) is 9.98. The molecule has 0 bridgehead atoms. The van der Waals surface area contributed by atoms with Gasteiger partial charge in [0.25, 0.3) is 0 Å². The van der Waals surface area contributed by atoms with E-state index >= 15 is 0 Å². The van der Waals surface area contributed by atoms with Gasteiger partial charge in [-0.15, -0.1) is 10.2 Å². The fourth-order valence-corrected chi connectivity index (χ4v) is 5.66. The van der Waals surface area contributed by atoms with Crippen LogP contribution < -0.4 is 4.72 Å². The maximum Gasteiger partial charge on any atom is 0.416 e. The molecule has 0 radical (unpaired) electrons. The van der Waals surface area contributed by atoms with Crippen LogP contribution in [0.15, 0.2) is 60.4 Å². The highest BCUT2D eigenvalue weighted by atomic mass is 32.2. The van der Waals surface area contributed by atoms with Crippen LogP contribution >= 0.6 is 0 Å². The molecule has 0 aliphatic heterocycles. The van der Waals surface area contributed by atoms with Crippen molar-refractivity contribution in [1.82, 2.24) is 34.1 Å². The number of sulfonamides is 1. The maximum atomic E-state index is 13.7. The van der Waals surface area contributed by atoms with Crippen molar-refractivity contribution in [2.24, 2.45) is 0 Å². The first-order valence-electron chi connectivity index (χ1n) is 10.6. The molecule has 4 aromatic rings. The molecule has 1 fully saturated rings. The lowest BCUT2D eigenvalue weighted by molar-refractivity contribution is -0.137. The molecule has 34 heavy (non-hydrogen) atoms. The molecule has 1 aliphatic rings. The highest BCUT2D eigenvalue weighted by Gasteiger charge is 2.34. The molecule has 0 spiro atoms. The third-order valence-electron chi connectivity index (χ3n) is 5.98. The van der Waals surface area contributed by atoms with Crippen molar-refractivity contribution in [3.63, 3.8) is 0 Å². The van der Waals surface area contributed by atoms with E-state index in [0.29, 0.717) is 30.1 Å². The standard InChI is InChI=1S/C21H20F3N7O2S/c22-21(23,24)16-6-15(14-4-5-31-20(8-14)25-11-28-31)7-19(9-16)34(32,33)29-17-2-1-3-18(10-17)30-12-26-27-13-30/h4-9,11-13,17-18,29H,1-3,10H2/t17-,18+/m0/s1. The Kier molecular flexibility index (Phi) is 5.60. The first-order valence-corrected chi connectivity index (χ1v) is 12.1. The molecule has 0 unspecified atom stereocenters. The maximum absolute atomic E-state index is 13.7. The number of benzene rings is 1. The summed E-state index contributed by atoms with van der Waals surface area (Å²) in [5.74, 6) is 0. The van der Waals surface area contributed by atoms with Gasteiger partial charge in [0.2, 0.25) is 10.0 Å². The number of alkyl halides is 3. The minimum absolute atomic E-state index is 0.0170. The molecule has 1 aliphatic carbocycles. The summed E-state index contributed by atoms with van der Waals surface area (Å²) in [5, 5.41) is 11.5. The molecule has 1 aromatic carbocycles. The van der Waals surface area contributed by atoms with E-state index in [4.69, 9.17) is 0 Å². The van der Waals surface area contributed by atoms with Gasteiger partial charge in [0, 0.05) is 18.3 Å². The highest BCUT2D eigenvalue weighted by molar-refractivity contribution is 7.89. The summed E-state index contributed by atoms with van der Waals surface area (Å²) < 4.78 is 73.3. The predicted octanol–water partition coefficient (Wildman–Crippen LogP) is 3.47. The van der Waals surface area contributed by atoms with Gasteiger partial charge in [-0.05, 0) is 67.1 Å². The smallest absolute Gasteiger partial charge is 0.317 e. The molecule has 5 rings (SSSR count). The zero-order valence-electron chi connectivity index (χ0n) is 17.7. The lowest BCUT2D eigenvalue weighted by Crippen LogP contribution is -2.38. The Labute approximate surface area is 192 Å². The van der Waals surface area contributed by atoms with Crippen LogP contribution in [0.25, 0.3) is 16.8 Å². The van der Waals surface area contributed by atoms with Crippen molar-refractivity contribution in [3.8, 4) is 11.1 Å². The topological polar surface area (TPSA) is 107 Å². The second kappa shape index (κ2) is 8.47. The van der Waals surface area contributed by atoms with E-state index < -0.39 is 32.7 Å². The molecule has 1 N–H and O–H groups in total. The lowest BCUT2D eigenvalue weighted by atomic mass is 9.91. The Morgan fingerprint density at radius 2 is 1.82 bits per heavy atom. The van der Waals surface area contributed by atoms with Crippen molar-refractivity contribution in [3.05, 3.63) is 61.1 Å². The minimum atomic E-state index is -4.72. The molecular formula is C21H20F3N7O2S. The van der Waals surface area contributed by atoms with E-state index in [1.807, 2.05) is 4.57 Å². The first-order chi connectivity index (χ1) is 16.2. The van der Waals surface area contributed by atoms with E-state index in [1.54, 1.807) is 31.0 Å². The minimum Gasteiger partial charge on any atom is -0.317 e. The van der Waals surface area contributed by atoms with E-state index in [9.17, 15) is 21.6 Å². The normalized spacial score (nSPS) is 19.5. The van der Waals surface area contributed by atoms with Gasteiger partial charge < -0.3 is 4.57 Å². The molecule has 178 valence electrons. The summed E-state index contributed by atoms with van der Waals surface area (Å²) in [6.07, 6.45) is 4.00. The Hall–Kier alpha value is -3.32. The summed E-state index contributed by atoms with van der Waals surface area (Å²) in [7, 11) is -4.22. The van der Waals surface area contributed by atoms with Crippen LogP contribution in [0.3, 0.4) is 0 Å². The molecule has 3 aromatic heterocycles. The number of hydrogen-bond donors (Lipinski definition) is 1. The largest absolute Gasteiger partial charge is 0.416 e. The second-order valence-electron chi connectivity index (χ2n) is 8.27. The van der Waals surface area contributed by atoms with Gasteiger partial charge in [-0.3, -0.25) is 0 Å². The van der Waals surface area contributed by atoms with E-state index in [2.05, 4.69) is 25.0 Å². The van der Waals surface area contributed by atoms with Crippen LogP contribution in [0.4, 0.5) is 13.2 Å². The number of pyridine rings is 1. The fourth-order valence-electron chi connectivity index (χ4n) is 4.31. The summed E-state index contributed by atoms with van der Waals surface area (Å²) in [4.78, 5) is 3.60. The average molecular weight is 491 g/mol. The Bertz CT molecular complexity index is 1420. The van der Waals surface area contributed by atoms with Crippen molar-refractivity contribution in [2.75, 3.05) is 0 Å². The van der Waals surface area contributed by atoms with Crippen LogP contribution in [-0.2, 0) is 16.2 Å². The SMILES string of the molecule is O=S(=O)(N[C@H]1CCC[C@@H](n2cnnc2)C1)c1cc(-c2ccn3ncnc3c2)cc(C(F)(F)F)c1. The average Bonchev–Trinajstić information content (AvgIpc) is 3.50. The van der Waals surface area contributed by atoms with Crippen molar-refractivity contribution < 1.29 is 21.6 Å². The van der Waals surface area contributed by atoms with Crippen LogP contribution in [0, 0.1) is 0 Å². The third-order valence-corrected chi connectivity index (χ3v) is 7.48. The summed E-state index contributed by atoms with van der Waals surface area (Å²) in [5.41, 5.74) is -0.0995. The number of nitrogens with zero attached hydrogens (tertiary/aromatic N) is 6. The van der Waals surface area contributed by atoms with Gasteiger partial charge in [-0.25, -0.2) is 22.6 Å². The zero-order valence-corrected chi connectivity index (χ0v) is 18.5. The molecule has 1 saturated carbocycles. The summed E-state index contributed by atoms with van der Waals surface area (Å²) in [6, 6.07) is 5.56. The van der Waals surface area contributed by atoms with Crippen molar-refractivity contribution >= 4 is 15.7 Å². The summed E-state index contributed by atoms with van der Waals surface area (Å²) in [6.45, 7) is 0. The van der Waals surface area contributed by atoms with Crippen LogP contribution in [0.2, 0.25) is 0 Å². The number of fused-ring (bicyclic) bond motifs is 1. The number of aromatic nitrogens is 6. The monoisotopic (exact) mass is 491 g/mol. The van der Waals surface area contributed by atoms with Gasteiger partial charge >= 0.3 is 6.18 Å². The van der Waals surface area contributed by atoms with Gasteiger partial charge in [-0.2, -0.15) is 18.3 Å². The molecule has 0 amide bonds. The Morgan fingerprint density at radius 1 is 1.03 bits per heavy atom. The number of halogens is 3. The van der Waals surface area contributed by atoms with Crippen LogP contribution in [0.5, 0.6) is 0 Å². The Balaban J connectivity index is 1.48.